The van der Waals surface area contributed by atoms with E-state index in [1.165, 1.54) is 5.56 Å². The van der Waals surface area contributed by atoms with Crippen molar-refractivity contribution < 1.29 is 13.2 Å². The summed E-state index contributed by atoms with van der Waals surface area (Å²) in [6, 6.07) is 18.1. The predicted octanol–water partition coefficient (Wildman–Crippen LogP) is 1.20. The fraction of sp³-hybridized carbons (Fsp3) is 0.278. The summed E-state index contributed by atoms with van der Waals surface area (Å²) in [4.78, 5) is 11.2. The normalized spacial score (nSPS) is 16.7. The van der Waals surface area contributed by atoms with Gasteiger partial charge in [-0.3, -0.25) is 4.79 Å². The average Bonchev–Trinajstić information content (AvgIpc) is 2.85. The van der Waals surface area contributed by atoms with E-state index < -0.39 is 16.1 Å². The summed E-state index contributed by atoms with van der Waals surface area (Å²) in [5.41, 5.74) is 3.30. The lowest BCUT2D eigenvalue weighted by atomic mass is 10.1. The molecule has 25 heavy (non-hydrogen) atoms. The highest BCUT2D eigenvalue weighted by atomic mass is 32.2. The zero-order valence-electron chi connectivity index (χ0n) is 13.8. The maximum atomic E-state index is 11.7. The lowest BCUT2D eigenvalue weighted by Gasteiger charge is -2.12. The topological polar surface area (TPSA) is 78.5 Å². The fourth-order valence-corrected chi connectivity index (χ4v) is 3.79. The molecule has 0 unspecified atom stereocenters. The molecule has 132 valence electrons. The van der Waals surface area contributed by atoms with E-state index in [9.17, 15) is 13.2 Å². The Labute approximate surface area is 148 Å². The van der Waals surface area contributed by atoms with E-state index in [-0.39, 0.29) is 13.1 Å². The molecule has 0 saturated carbocycles. The van der Waals surface area contributed by atoms with Crippen LogP contribution in [0.1, 0.15) is 16.7 Å². The second-order valence-corrected chi connectivity index (χ2v) is 7.70. The molecule has 0 radical (unpaired) electrons. The number of hydrogen-bond acceptors (Lipinski definition) is 4. The molecule has 7 heteroatoms. The number of carbonyl (C=O) groups excluding carboxylic acids is 1. The first-order valence-corrected chi connectivity index (χ1v) is 9.60. The summed E-state index contributed by atoms with van der Waals surface area (Å²) in [7, 11) is -3.67. The van der Waals surface area contributed by atoms with Crippen molar-refractivity contribution in [1.29, 1.82) is 0 Å². The lowest BCUT2D eigenvalue weighted by Crippen LogP contribution is -2.29. The Bertz CT molecular complexity index is 820. The maximum absolute atomic E-state index is 11.7. The SMILES string of the molecule is O=C1CN(Cc2ccc(CNCCc3ccccc3)cc2)S(=O)(=O)N1. The second-order valence-electron chi connectivity index (χ2n) is 6.03. The lowest BCUT2D eigenvalue weighted by molar-refractivity contribution is -0.118. The van der Waals surface area contributed by atoms with Crippen molar-refractivity contribution in [3.05, 3.63) is 71.3 Å². The van der Waals surface area contributed by atoms with Gasteiger partial charge in [-0.1, -0.05) is 54.6 Å². The molecule has 0 aliphatic carbocycles. The van der Waals surface area contributed by atoms with Crippen LogP contribution < -0.4 is 10.0 Å². The number of carbonyl (C=O) groups is 1. The molecule has 1 heterocycles. The molecule has 2 N–H and O–H groups in total. The standard InChI is InChI=1S/C18H21N3O3S/c22-18-14-21(25(23,24)20-18)13-17-8-6-16(7-9-17)12-19-11-10-15-4-2-1-3-5-15/h1-9,19H,10-14H2,(H,20,22). The molecule has 1 fully saturated rings. The third-order valence-electron chi connectivity index (χ3n) is 4.05. The van der Waals surface area contributed by atoms with E-state index in [4.69, 9.17) is 0 Å². The minimum atomic E-state index is -3.67. The molecule has 2 aromatic carbocycles. The fourth-order valence-electron chi connectivity index (χ4n) is 2.70. The van der Waals surface area contributed by atoms with Gasteiger partial charge in [-0.25, -0.2) is 4.72 Å². The third-order valence-corrected chi connectivity index (χ3v) is 5.47. The molecule has 2 aromatic rings. The molecule has 1 aliphatic rings. The number of amides is 1. The van der Waals surface area contributed by atoms with Gasteiger partial charge >= 0.3 is 10.2 Å². The summed E-state index contributed by atoms with van der Waals surface area (Å²) in [6.45, 7) is 1.73. The Balaban J connectivity index is 1.47. The minimum absolute atomic E-state index is 0.120. The van der Waals surface area contributed by atoms with E-state index in [0.29, 0.717) is 0 Å². The quantitative estimate of drug-likeness (QED) is 0.728. The molecule has 0 atom stereocenters. The molecule has 0 spiro atoms. The van der Waals surface area contributed by atoms with Crippen molar-refractivity contribution in [2.75, 3.05) is 13.1 Å². The van der Waals surface area contributed by atoms with E-state index in [1.54, 1.807) is 0 Å². The van der Waals surface area contributed by atoms with E-state index in [0.717, 1.165) is 34.9 Å². The van der Waals surface area contributed by atoms with Gasteiger partial charge in [0, 0.05) is 13.1 Å². The number of nitrogens with one attached hydrogen (secondary N) is 2. The smallest absolute Gasteiger partial charge is 0.304 e. The molecule has 1 saturated heterocycles. The summed E-state index contributed by atoms with van der Waals surface area (Å²) in [5.74, 6) is -0.487. The van der Waals surface area contributed by atoms with Crippen LogP contribution >= 0.6 is 0 Å². The summed E-state index contributed by atoms with van der Waals surface area (Å²) < 4.78 is 26.6. The highest BCUT2D eigenvalue weighted by molar-refractivity contribution is 7.88. The third kappa shape index (κ3) is 4.88. The number of hydrogen-bond donors (Lipinski definition) is 2. The number of nitrogens with zero attached hydrogens (tertiary/aromatic N) is 1. The summed E-state index contributed by atoms with van der Waals surface area (Å²) in [5, 5.41) is 3.40. The van der Waals surface area contributed by atoms with Gasteiger partial charge in [-0.05, 0) is 29.7 Å². The number of benzene rings is 2. The van der Waals surface area contributed by atoms with E-state index >= 15 is 0 Å². The van der Waals surface area contributed by atoms with Crippen molar-refractivity contribution in [2.45, 2.75) is 19.5 Å². The van der Waals surface area contributed by atoms with Crippen LogP contribution in [0.15, 0.2) is 54.6 Å². The molecular formula is C18H21N3O3S. The van der Waals surface area contributed by atoms with Crippen molar-refractivity contribution >= 4 is 16.1 Å². The maximum Gasteiger partial charge on any atom is 0.304 e. The second kappa shape index (κ2) is 7.77. The van der Waals surface area contributed by atoms with Crippen molar-refractivity contribution in [2.24, 2.45) is 0 Å². The van der Waals surface area contributed by atoms with Crippen LogP contribution in [0.25, 0.3) is 0 Å². The van der Waals surface area contributed by atoms with Crippen LogP contribution in [0, 0.1) is 0 Å². The Hall–Kier alpha value is -2.22. The summed E-state index contributed by atoms with van der Waals surface area (Å²) >= 11 is 0. The zero-order valence-corrected chi connectivity index (χ0v) is 14.6. The van der Waals surface area contributed by atoms with Crippen LogP contribution in [0.2, 0.25) is 0 Å². The van der Waals surface area contributed by atoms with Gasteiger partial charge in [0.2, 0.25) is 5.91 Å². The van der Waals surface area contributed by atoms with Crippen molar-refractivity contribution in [1.82, 2.24) is 14.3 Å². The highest BCUT2D eigenvalue weighted by Crippen LogP contribution is 2.13. The van der Waals surface area contributed by atoms with Crippen LogP contribution in [-0.2, 0) is 34.5 Å². The first kappa shape index (κ1) is 17.6. The van der Waals surface area contributed by atoms with Gasteiger partial charge in [0.25, 0.3) is 0 Å². The Morgan fingerprint density at radius 1 is 0.960 bits per heavy atom. The first-order valence-electron chi connectivity index (χ1n) is 8.16. The molecule has 1 aliphatic heterocycles. The van der Waals surface area contributed by atoms with Gasteiger partial charge in [0.1, 0.15) is 0 Å². The Morgan fingerprint density at radius 3 is 2.28 bits per heavy atom. The van der Waals surface area contributed by atoms with Gasteiger partial charge in [0.15, 0.2) is 0 Å². The van der Waals surface area contributed by atoms with Crippen LogP contribution in [0.4, 0.5) is 0 Å². The van der Waals surface area contributed by atoms with Crippen molar-refractivity contribution in [3.8, 4) is 0 Å². The van der Waals surface area contributed by atoms with Gasteiger partial charge in [-0.2, -0.15) is 12.7 Å². The van der Waals surface area contributed by atoms with Gasteiger partial charge < -0.3 is 5.32 Å². The monoisotopic (exact) mass is 359 g/mol. The molecular weight excluding hydrogens is 338 g/mol. The van der Waals surface area contributed by atoms with Crippen molar-refractivity contribution in [3.63, 3.8) is 0 Å². The largest absolute Gasteiger partial charge is 0.312 e. The first-order chi connectivity index (χ1) is 12.0. The molecule has 3 rings (SSSR count). The van der Waals surface area contributed by atoms with Crippen LogP contribution in [-0.4, -0.2) is 31.7 Å². The van der Waals surface area contributed by atoms with E-state index in [1.807, 2.05) is 47.2 Å². The van der Waals surface area contributed by atoms with Crippen LogP contribution in [0.3, 0.4) is 0 Å². The molecule has 0 aromatic heterocycles. The number of rotatable bonds is 7. The van der Waals surface area contributed by atoms with Gasteiger partial charge in [-0.15, -0.1) is 0 Å². The molecule has 1 amide bonds. The highest BCUT2D eigenvalue weighted by Gasteiger charge is 2.33. The summed E-state index contributed by atoms with van der Waals surface area (Å²) in [6.07, 6.45) is 0.979. The molecule has 0 bridgehead atoms. The van der Waals surface area contributed by atoms with Crippen LogP contribution in [0.5, 0.6) is 0 Å². The predicted molar refractivity (Wildman–Crippen MR) is 95.8 cm³/mol. The zero-order chi connectivity index (χ0) is 17.7. The average molecular weight is 359 g/mol. The molecule has 6 nitrogen and oxygen atoms in total. The Kier molecular flexibility index (Phi) is 5.47. The minimum Gasteiger partial charge on any atom is -0.312 e. The van der Waals surface area contributed by atoms with E-state index in [2.05, 4.69) is 17.4 Å². The Morgan fingerprint density at radius 2 is 1.64 bits per heavy atom. The van der Waals surface area contributed by atoms with Gasteiger partial charge in [0.05, 0.1) is 6.54 Å².